The molecule has 0 radical (unpaired) electrons. The molecule has 0 amide bonds. The molecule has 1 atom stereocenters. The standard InChI is InChI=1S/C12H13ClN4OS/c13-11-15-8-2-7-19(18)9(8)10(16-11)17-12(5-6-14)3-1-4-12/h1-5,7H2,(H,15,16,17)/t19-/m1/s1. The maximum absolute atomic E-state index is 12.0. The van der Waals surface area contributed by atoms with Gasteiger partial charge in [0.1, 0.15) is 10.7 Å². The topological polar surface area (TPSA) is 78.7 Å². The minimum Gasteiger partial charge on any atom is -0.362 e. The molecule has 2 heterocycles. The zero-order valence-electron chi connectivity index (χ0n) is 10.3. The molecule has 1 saturated carbocycles. The maximum Gasteiger partial charge on any atom is 0.224 e. The van der Waals surface area contributed by atoms with Gasteiger partial charge in [0.15, 0.2) is 0 Å². The Hall–Kier alpha value is -1.19. The third-order valence-electron chi connectivity index (χ3n) is 3.77. The average Bonchev–Trinajstić information content (AvgIpc) is 2.68. The summed E-state index contributed by atoms with van der Waals surface area (Å²) >= 11 is 5.92. The van der Waals surface area contributed by atoms with Crippen LogP contribution in [0.5, 0.6) is 0 Å². The average molecular weight is 297 g/mol. The molecule has 5 nitrogen and oxygen atoms in total. The van der Waals surface area contributed by atoms with E-state index in [1.54, 1.807) is 0 Å². The van der Waals surface area contributed by atoms with Crippen molar-refractivity contribution in [1.82, 2.24) is 9.97 Å². The summed E-state index contributed by atoms with van der Waals surface area (Å²) in [5.74, 6) is 1.13. The lowest BCUT2D eigenvalue weighted by Gasteiger charge is -2.41. The van der Waals surface area contributed by atoms with Gasteiger partial charge in [-0.1, -0.05) is 0 Å². The summed E-state index contributed by atoms with van der Waals surface area (Å²) in [6.07, 6.45) is 4.06. The Morgan fingerprint density at radius 2 is 2.26 bits per heavy atom. The number of aryl methyl sites for hydroxylation is 1. The van der Waals surface area contributed by atoms with E-state index < -0.39 is 10.8 Å². The summed E-state index contributed by atoms with van der Waals surface area (Å²) in [6.45, 7) is 0. The Kier molecular flexibility index (Phi) is 3.19. The Balaban J connectivity index is 1.97. The van der Waals surface area contributed by atoms with Crippen molar-refractivity contribution < 1.29 is 4.21 Å². The number of anilines is 1. The first-order chi connectivity index (χ1) is 9.13. The molecule has 100 valence electrons. The number of hydrogen-bond acceptors (Lipinski definition) is 5. The summed E-state index contributed by atoms with van der Waals surface area (Å²) in [5.41, 5.74) is 0.541. The highest BCUT2D eigenvalue weighted by atomic mass is 35.5. The van der Waals surface area contributed by atoms with E-state index in [2.05, 4.69) is 21.4 Å². The molecule has 1 aromatic heterocycles. The van der Waals surface area contributed by atoms with Crippen LogP contribution in [0.15, 0.2) is 4.90 Å². The molecule has 0 unspecified atom stereocenters. The minimum absolute atomic E-state index is 0.173. The van der Waals surface area contributed by atoms with Crippen molar-refractivity contribution in [2.75, 3.05) is 11.1 Å². The van der Waals surface area contributed by atoms with Crippen LogP contribution in [0.4, 0.5) is 5.82 Å². The summed E-state index contributed by atoms with van der Waals surface area (Å²) in [5, 5.41) is 12.4. The van der Waals surface area contributed by atoms with Gasteiger partial charge in [0.25, 0.3) is 0 Å². The summed E-state index contributed by atoms with van der Waals surface area (Å²) < 4.78 is 12.0. The quantitative estimate of drug-likeness (QED) is 0.864. The molecule has 2 aliphatic rings. The molecule has 3 rings (SSSR count). The Morgan fingerprint density at radius 1 is 1.47 bits per heavy atom. The first-order valence-electron chi connectivity index (χ1n) is 6.23. The summed E-state index contributed by atoms with van der Waals surface area (Å²) in [7, 11) is -1.06. The maximum atomic E-state index is 12.0. The van der Waals surface area contributed by atoms with E-state index in [9.17, 15) is 4.21 Å². The van der Waals surface area contributed by atoms with Gasteiger partial charge in [-0.05, 0) is 30.9 Å². The third kappa shape index (κ3) is 2.21. The monoisotopic (exact) mass is 296 g/mol. The lowest BCUT2D eigenvalue weighted by atomic mass is 9.74. The lowest BCUT2D eigenvalue weighted by molar-refractivity contribution is 0.282. The molecule has 1 N–H and O–H groups in total. The number of rotatable bonds is 3. The van der Waals surface area contributed by atoms with Gasteiger partial charge in [0.2, 0.25) is 5.28 Å². The van der Waals surface area contributed by atoms with Crippen LogP contribution in [0, 0.1) is 11.3 Å². The fourth-order valence-electron chi connectivity index (χ4n) is 2.60. The summed E-state index contributed by atoms with van der Waals surface area (Å²) in [4.78, 5) is 9.00. The number of fused-ring (bicyclic) bond motifs is 1. The number of nitrogens with one attached hydrogen (secondary N) is 1. The Labute approximate surface area is 118 Å². The molecule has 1 aromatic rings. The van der Waals surface area contributed by atoms with E-state index in [1.807, 2.05) is 0 Å². The van der Waals surface area contributed by atoms with Crippen LogP contribution in [-0.2, 0) is 17.2 Å². The summed E-state index contributed by atoms with van der Waals surface area (Å²) in [6, 6.07) is 2.21. The number of aromatic nitrogens is 2. The number of hydrogen-bond donors (Lipinski definition) is 1. The van der Waals surface area contributed by atoms with Gasteiger partial charge in [0.05, 0.1) is 34.5 Å². The highest BCUT2D eigenvalue weighted by molar-refractivity contribution is 7.85. The van der Waals surface area contributed by atoms with E-state index in [0.29, 0.717) is 29.3 Å². The van der Waals surface area contributed by atoms with Gasteiger partial charge in [-0.2, -0.15) is 10.2 Å². The molecule has 19 heavy (non-hydrogen) atoms. The highest BCUT2D eigenvalue weighted by Crippen LogP contribution is 2.40. The second-order valence-corrected chi connectivity index (χ2v) is 6.86. The van der Waals surface area contributed by atoms with Crippen molar-refractivity contribution >= 4 is 28.2 Å². The van der Waals surface area contributed by atoms with Crippen molar-refractivity contribution in [1.29, 1.82) is 5.26 Å². The zero-order chi connectivity index (χ0) is 13.5. The number of halogens is 1. The van der Waals surface area contributed by atoms with E-state index >= 15 is 0 Å². The smallest absolute Gasteiger partial charge is 0.224 e. The van der Waals surface area contributed by atoms with E-state index in [4.69, 9.17) is 16.9 Å². The fourth-order valence-corrected chi connectivity index (χ4v) is 4.10. The molecule has 1 fully saturated rings. The first kappa shape index (κ1) is 12.8. The molecular formula is C12H13ClN4OS. The van der Waals surface area contributed by atoms with Crippen molar-refractivity contribution in [3.05, 3.63) is 11.0 Å². The van der Waals surface area contributed by atoms with Crippen molar-refractivity contribution in [2.24, 2.45) is 0 Å². The van der Waals surface area contributed by atoms with Gasteiger partial charge >= 0.3 is 0 Å². The molecule has 0 saturated heterocycles. The van der Waals surface area contributed by atoms with Crippen LogP contribution < -0.4 is 5.32 Å². The molecular weight excluding hydrogens is 284 g/mol. The van der Waals surface area contributed by atoms with Crippen LogP contribution in [0.1, 0.15) is 31.4 Å². The molecule has 7 heteroatoms. The second-order valence-electron chi connectivity index (χ2n) is 5.01. The predicted molar refractivity (Wildman–Crippen MR) is 72.5 cm³/mol. The van der Waals surface area contributed by atoms with E-state index in [-0.39, 0.29) is 10.8 Å². The highest BCUT2D eigenvalue weighted by Gasteiger charge is 2.39. The van der Waals surface area contributed by atoms with Crippen LogP contribution >= 0.6 is 11.6 Å². The zero-order valence-corrected chi connectivity index (χ0v) is 11.9. The number of nitriles is 1. The molecule has 0 aromatic carbocycles. The third-order valence-corrected chi connectivity index (χ3v) is 5.40. The molecule has 1 aliphatic carbocycles. The molecule has 0 bridgehead atoms. The number of nitrogens with zero attached hydrogens (tertiary/aromatic N) is 3. The van der Waals surface area contributed by atoms with Gasteiger partial charge in [-0.15, -0.1) is 0 Å². The molecule has 1 aliphatic heterocycles. The van der Waals surface area contributed by atoms with Gasteiger partial charge < -0.3 is 5.32 Å². The molecule has 0 spiro atoms. The Bertz CT molecular complexity index is 594. The van der Waals surface area contributed by atoms with Crippen LogP contribution in [0.3, 0.4) is 0 Å². The van der Waals surface area contributed by atoms with Crippen LogP contribution in [0.2, 0.25) is 5.28 Å². The minimum atomic E-state index is -1.06. The second kappa shape index (κ2) is 4.73. The lowest BCUT2D eigenvalue weighted by Crippen LogP contribution is -2.45. The van der Waals surface area contributed by atoms with Crippen LogP contribution in [0.25, 0.3) is 0 Å². The fraction of sp³-hybridized carbons (Fsp3) is 0.583. The Morgan fingerprint density at radius 3 is 2.89 bits per heavy atom. The van der Waals surface area contributed by atoms with Crippen molar-refractivity contribution in [2.45, 2.75) is 42.5 Å². The van der Waals surface area contributed by atoms with Gasteiger partial charge in [-0.25, -0.2) is 4.98 Å². The largest absolute Gasteiger partial charge is 0.362 e. The predicted octanol–water partition coefficient (Wildman–Crippen LogP) is 2.04. The van der Waals surface area contributed by atoms with Crippen molar-refractivity contribution in [3.8, 4) is 6.07 Å². The van der Waals surface area contributed by atoms with Crippen LogP contribution in [-0.4, -0.2) is 25.5 Å². The first-order valence-corrected chi connectivity index (χ1v) is 7.93. The van der Waals surface area contributed by atoms with E-state index in [1.165, 1.54) is 0 Å². The van der Waals surface area contributed by atoms with Gasteiger partial charge in [-0.3, -0.25) is 4.21 Å². The SMILES string of the molecule is N#CCC1(Nc2nc(Cl)nc3c2[S@](=O)CC3)CCC1. The van der Waals surface area contributed by atoms with Crippen molar-refractivity contribution in [3.63, 3.8) is 0 Å². The normalized spacial score (nSPS) is 23.3. The van der Waals surface area contributed by atoms with Gasteiger partial charge in [0, 0.05) is 12.2 Å². The van der Waals surface area contributed by atoms with E-state index in [0.717, 1.165) is 25.0 Å².